The highest BCUT2D eigenvalue weighted by atomic mass is 32.2. The van der Waals surface area contributed by atoms with Crippen molar-refractivity contribution in [3.63, 3.8) is 0 Å². The molecule has 10 nitrogen and oxygen atoms in total. The van der Waals surface area contributed by atoms with Gasteiger partial charge in [0.1, 0.15) is 6.04 Å². The summed E-state index contributed by atoms with van der Waals surface area (Å²) in [6.45, 7) is 2.36. The Morgan fingerprint density at radius 3 is 2.14 bits per heavy atom. The number of sulfonamides is 1. The molecule has 154 valence electrons. The summed E-state index contributed by atoms with van der Waals surface area (Å²) in [5.74, 6) is -1.18. The van der Waals surface area contributed by atoms with Crippen LogP contribution < -0.4 is 5.48 Å². The summed E-state index contributed by atoms with van der Waals surface area (Å²) in [5, 5.41) is 19.7. The smallest absolute Gasteiger partial charge is 0.269 e. The summed E-state index contributed by atoms with van der Waals surface area (Å²) in [6, 6.07) is 9.12. The molecule has 11 heteroatoms. The Morgan fingerprint density at radius 2 is 1.69 bits per heavy atom. The van der Waals surface area contributed by atoms with Crippen molar-refractivity contribution < 1.29 is 28.1 Å². The van der Waals surface area contributed by atoms with Gasteiger partial charge < -0.3 is 0 Å². The molecule has 0 aliphatic heterocycles. The van der Waals surface area contributed by atoms with Gasteiger partial charge >= 0.3 is 0 Å². The van der Waals surface area contributed by atoms with Gasteiger partial charge in [0, 0.05) is 24.2 Å². The second-order valence-electron chi connectivity index (χ2n) is 6.21. The number of carbonyl (C=O) groups excluding carboxylic acids is 2. The Bertz CT molecular complexity index is 1020. The van der Waals surface area contributed by atoms with Crippen LogP contribution in [-0.4, -0.2) is 40.6 Å². The molecule has 0 bridgehead atoms. The summed E-state index contributed by atoms with van der Waals surface area (Å²) in [7, 11) is -4.21. The standard InChI is InChI=1S/C18H19N3O7S/c1-12(18(23)19-24)20(11-14-3-7-16(8-4-14)21(25)26)29(27,28)17-9-5-15(6-10-17)13(2)22/h3-10,12,24H,11H2,1-2H3,(H,19,23)/t12-/m0/s1. The van der Waals surface area contributed by atoms with Crippen LogP contribution in [0.4, 0.5) is 5.69 Å². The molecule has 0 heterocycles. The summed E-state index contributed by atoms with van der Waals surface area (Å²) in [5.41, 5.74) is 1.99. The third kappa shape index (κ3) is 5.02. The van der Waals surface area contributed by atoms with E-state index in [2.05, 4.69) is 0 Å². The third-order valence-corrected chi connectivity index (χ3v) is 6.21. The topological polar surface area (TPSA) is 147 Å². The SMILES string of the molecule is CC(=O)c1ccc(S(=O)(=O)N(Cc2ccc([N+](=O)[O-])cc2)[C@@H](C)C(=O)NO)cc1. The average Bonchev–Trinajstić information content (AvgIpc) is 2.71. The minimum atomic E-state index is -4.21. The lowest BCUT2D eigenvalue weighted by atomic mass is 10.2. The maximum Gasteiger partial charge on any atom is 0.269 e. The van der Waals surface area contributed by atoms with Crippen LogP contribution in [0.25, 0.3) is 0 Å². The molecule has 2 aromatic carbocycles. The van der Waals surface area contributed by atoms with Gasteiger partial charge in [0.15, 0.2) is 5.78 Å². The van der Waals surface area contributed by atoms with Crippen molar-refractivity contribution in [3.05, 3.63) is 69.8 Å². The van der Waals surface area contributed by atoms with Crippen molar-refractivity contribution >= 4 is 27.4 Å². The van der Waals surface area contributed by atoms with E-state index >= 15 is 0 Å². The summed E-state index contributed by atoms with van der Waals surface area (Å²) >= 11 is 0. The van der Waals surface area contributed by atoms with E-state index in [-0.39, 0.29) is 22.9 Å². The molecule has 0 unspecified atom stereocenters. The Labute approximate surface area is 166 Å². The van der Waals surface area contributed by atoms with E-state index in [1.807, 2.05) is 0 Å². The van der Waals surface area contributed by atoms with Crippen molar-refractivity contribution in [2.75, 3.05) is 0 Å². The van der Waals surface area contributed by atoms with Crippen molar-refractivity contribution in [2.45, 2.75) is 31.3 Å². The van der Waals surface area contributed by atoms with Gasteiger partial charge in [-0.05, 0) is 31.5 Å². The predicted molar refractivity (Wildman–Crippen MR) is 102 cm³/mol. The van der Waals surface area contributed by atoms with Gasteiger partial charge in [0.05, 0.1) is 9.82 Å². The fraction of sp³-hybridized carbons (Fsp3) is 0.222. The van der Waals surface area contributed by atoms with Gasteiger partial charge in [-0.25, -0.2) is 13.9 Å². The molecule has 0 fully saturated rings. The van der Waals surface area contributed by atoms with Gasteiger partial charge in [0.25, 0.3) is 11.6 Å². The number of hydroxylamine groups is 1. The van der Waals surface area contributed by atoms with Crippen molar-refractivity contribution in [2.24, 2.45) is 0 Å². The monoisotopic (exact) mass is 421 g/mol. The molecule has 29 heavy (non-hydrogen) atoms. The number of nitrogens with zero attached hydrogens (tertiary/aromatic N) is 2. The van der Waals surface area contributed by atoms with Crippen molar-refractivity contribution in [1.29, 1.82) is 0 Å². The molecule has 1 atom stereocenters. The molecule has 0 aliphatic carbocycles. The number of nitrogens with one attached hydrogen (secondary N) is 1. The maximum atomic E-state index is 13.1. The van der Waals surface area contributed by atoms with Crippen LogP contribution in [0.15, 0.2) is 53.4 Å². The van der Waals surface area contributed by atoms with Crippen molar-refractivity contribution in [1.82, 2.24) is 9.79 Å². The largest absolute Gasteiger partial charge is 0.295 e. The molecule has 0 aromatic heterocycles. The highest BCUT2D eigenvalue weighted by Gasteiger charge is 2.33. The lowest BCUT2D eigenvalue weighted by Crippen LogP contribution is -2.46. The summed E-state index contributed by atoms with van der Waals surface area (Å²) in [4.78, 5) is 33.4. The number of nitro groups is 1. The molecular formula is C18H19N3O7S. The lowest BCUT2D eigenvalue weighted by Gasteiger charge is -2.27. The first-order valence-electron chi connectivity index (χ1n) is 8.38. The molecule has 0 radical (unpaired) electrons. The minimum Gasteiger partial charge on any atom is -0.295 e. The number of rotatable bonds is 8. The maximum absolute atomic E-state index is 13.1. The number of amides is 1. The molecule has 2 N–H and O–H groups in total. The van der Waals surface area contributed by atoms with Crippen LogP contribution in [0, 0.1) is 10.1 Å². The number of ketones is 1. The van der Waals surface area contributed by atoms with Gasteiger partial charge in [0.2, 0.25) is 10.0 Å². The molecule has 1 amide bonds. The van der Waals surface area contributed by atoms with Crippen LogP contribution in [-0.2, 0) is 21.4 Å². The molecule has 2 rings (SSSR count). The summed E-state index contributed by atoms with van der Waals surface area (Å²) in [6.07, 6.45) is 0. The highest BCUT2D eigenvalue weighted by molar-refractivity contribution is 7.89. The van der Waals surface area contributed by atoms with Gasteiger partial charge in [-0.2, -0.15) is 4.31 Å². The Morgan fingerprint density at radius 1 is 1.14 bits per heavy atom. The number of benzene rings is 2. The lowest BCUT2D eigenvalue weighted by molar-refractivity contribution is -0.384. The van der Waals surface area contributed by atoms with E-state index in [0.717, 1.165) is 4.31 Å². The number of carbonyl (C=O) groups is 2. The average molecular weight is 421 g/mol. The molecule has 0 saturated heterocycles. The summed E-state index contributed by atoms with van der Waals surface area (Å²) < 4.78 is 27.1. The van der Waals surface area contributed by atoms with E-state index in [0.29, 0.717) is 11.1 Å². The van der Waals surface area contributed by atoms with E-state index < -0.39 is 26.9 Å². The minimum absolute atomic E-state index is 0.151. The zero-order valence-electron chi connectivity index (χ0n) is 15.6. The zero-order chi connectivity index (χ0) is 21.8. The number of Topliss-reactive ketones (excluding diaryl/α,β-unsaturated/α-hetero) is 1. The van der Waals surface area contributed by atoms with Crippen LogP contribution in [0.1, 0.15) is 29.8 Å². The quantitative estimate of drug-likeness (QED) is 0.286. The fourth-order valence-electron chi connectivity index (χ4n) is 2.55. The predicted octanol–water partition coefficient (Wildman–Crippen LogP) is 1.88. The van der Waals surface area contributed by atoms with Crippen LogP contribution in [0.2, 0.25) is 0 Å². The van der Waals surface area contributed by atoms with Crippen LogP contribution in [0.3, 0.4) is 0 Å². The molecular weight excluding hydrogens is 402 g/mol. The Hall–Kier alpha value is -3.15. The fourth-order valence-corrected chi connectivity index (χ4v) is 4.14. The molecule has 2 aromatic rings. The Balaban J connectivity index is 2.44. The molecule has 0 aliphatic rings. The van der Waals surface area contributed by atoms with Crippen LogP contribution >= 0.6 is 0 Å². The van der Waals surface area contributed by atoms with E-state index in [1.165, 1.54) is 67.9 Å². The number of hydrogen-bond donors (Lipinski definition) is 2. The third-order valence-electron chi connectivity index (χ3n) is 4.27. The van der Waals surface area contributed by atoms with E-state index in [9.17, 15) is 28.1 Å². The van der Waals surface area contributed by atoms with Crippen molar-refractivity contribution in [3.8, 4) is 0 Å². The first-order chi connectivity index (χ1) is 13.6. The van der Waals surface area contributed by atoms with Gasteiger partial charge in [-0.3, -0.25) is 24.9 Å². The number of nitro benzene ring substituents is 1. The first-order valence-corrected chi connectivity index (χ1v) is 9.82. The van der Waals surface area contributed by atoms with Gasteiger partial charge in [-0.15, -0.1) is 0 Å². The van der Waals surface area contributed by atoms with E-state index in [1.54, 1.807) is 0 Å². The van der Waals surface area contributed by atoms with E-state index in [4.69, 9.17) is 5.21 Å². The zero-order valence-corrected chi connectivity index (χ0v) is 16.4. The van der Waals surface area contributed by atoms with Gasteiger partial charge in [-0.1, -0.05) is 24.3 Å². The normalized spacial score (nSPS) is 12.4. The first kappa shape index (κ1) is 22.1. The highest BCUT2D eigenvalue weighted by Crippen LogP contribution is 2.23. The number of hydrogen-bond acceptors (Lipinski definition) is 7. The second-order valence-corrected chi connectivity index (χ2v) is 8.10. The second kappa shape index (κ2) is 8.90. The molecule has 0 spiro atoms. The Kier molecular flexibility index (Phi) is 6.80. The molecule has 0 saturated carbocycles. The van der Waals surface area contributed by atoms with Crippen LogP contribution in [0.5, 0.6) is 0 Å². The number of non-ortho nitro benzene ring substituents is 1.